The van der Waals surface area contributed by atoms with Gasteiger partial charge in [-0.3, -0.25) is 14.4 Å². The lowest BCUT2D eigenvalue weighted by Gasteiger charge is -2.30. The standard InChI is InChI=1S/C15H26N4O2/c1-4-19-12(2)13(8-16-19)9-17(3)15(21)11-18-7-5-6-14(20)10-18/h8,14,20H,4-7,9-11H2,1-3H3/t14-/m1/s1. The fourth-order valence-corrected chi connectivity index (χ4v) is 2.79. The van der Waals surface area contributed by atoms with Crippen molar-refractivity contribution in [1.82, 2.24) is 19.6 Å². The van der Waals surface area contributed by atoms with Crippen molar-refractivity contribution in [3.63, 3.8) is 0 Å². The van der Waals surface area contributed by atoms with Crippen molar-refractivity contribution in [3.8, 4) is 0 Å². The van der Waals surface area contributed by atoms with Gasteiger partial charge < -0.3 is 10.0 Å². The minimum Gasteiger partial charge on any atom is -0.392 e. The van der Waals surface area contributed by atoms with Gasteiger partial charge in [0, 0.05) is 37.9 Å². The summed E-state index contributed by atoms with van der Waals surface area (Å²) in [5.74, 6) is 0.0905. The van der Waals surface area contributed by atoms with Crippen molar-refractivity contribution in [2.75, 3.05) is 26.7 Å². The number of likely N-dealkylation sites (tertiary alicyclic amines) is 1. The number of hydrogen-bond acceptors (Lipinski definition) is 4. The number of amides is 1. The highest BCUT2D eigenvalue weighted by Gasteiger charge is 2.21. The predicted molar refractivity (Wildman–Crippen MR) is 80.8 cm³/mol. The summed E-state index contributed by atoms with van der Waals surface area (Å²) < 4.78 is 1.94. The Morgan fingerprint density at radius 1 is 1.57 bits per heavy atom. The lowest BCUT2D eigenvalue weighted by atomic mass is 10.1. The Labute approximate surface area is 126 Å². The molecule has 0 aliphatic carbocycles. The molecule has 1 saturated heterocycles. The van der Waals surface area contributed by atoms with Crippen molar-refractivity contribution < 1.29 is 9.90 Å². The molecule has 6 heteroatoms. The molecule has 0 bridgehead atoms. The van der Waals surface area contributed by atoms with Crippen LogP contribution in [-0.2, 0) is 17.9 Å². The molecule has 6 nitrogen and oxygen atoms in total. The molecule has 0 radical (unpaired) electrons. The fraction of sp³-hybridized carbons (Fsp3) is 0.733. The summed E-state index contributed by atoms with van der Waals surface area (Å²) in [6, 6.07) is 0. The van der Waals surface area contributed by atoms with Gasteiger partial charge in [-0.15, -0.1) is 0 Å². The Balaban J connectivity index is 1.88. The molecule has 1 aromatic heterocycles. The molecule has 0 unspecified atom stereocenters. The number of rotatable bonds is 5. The second-order valence-electron chi connectivity index (χ2n) is 5.85. The average molecular weight is 294 g/mol. The zero-order valence-corrected chi connectivity index (χ0v) is 13.2. The number of carbonyl (C=O) groups is 1. The first-order valence-corrected chi connectivity index (χ1v) is 7.67. The van der Waals surface area contributed by atoms with E-state index in [0.29, 0.717) is 19.6 Å². The highest BCUT2D eigenvalue weighted by Crippen LogP contribution is 2.12. The molecule has 1 atom stereocenters. The number of aliphatic hydroxyl groups is 1. The van der Waals surface area contributed by atoms with Crippen LogP contribution in [-0.4, -0.2) is 63.4 Å². The van der Waals surface area contributed by atoms with Gasteiger partial charge in [0.15, 0.2) is 0 Å². The highest BCUT2D eigenvalue weighted by molar-refractivity contribution is 5.78. The SMILES string of the molecule is CCn1ncc(CN(C)C(=O)CN2CCC[C@@H](O)C2)c1C. The van der Waals surface area contributed by atoms with Crippen LogP contribution in [0.5, 0.6) is 0 Å². The lowest BCUT2D eigenvalue weighted by molar-refractivity contribution is -0.132. The molecule has 1 amide bonds. The van der Waals surface area contributed by atoms with Gasteiger partial charge in [-0.1, -0.05) is 0 Å². The normalized spacial score (nSPS) is 19.7. The van der Waals surface area contributed by atoms with Crippen molar-refractivity contribution in [1.29, 1.82) is 0 Å². The third-order valence-electron chi connectivity index (χ3n) is 4.18. The maximum Gasteiger partial charge on any atom is 0.236 e. The number of aliphatic hydroxyl groups excluding tert-OH is 1. The number of aromatic nitrogens is 2. The van der Waals surface area contributed by atoms with Crippen LogP contribution in [0.2, 0.25) is 0 Å². The molecule has 0 spiro atoms. The van der Waals surface area contributed by atoms with Gasteiger partial charge in [0.25, 0.3) is 0 Å². The first kappa shape index (κ1) is 16.0. The maximum absolute atomic E-state index is 12.3. The fourth-order valence-electron chi connectivity index (χ4n) is 2.79. The van der Waals surface area contributed by atoms with E-state index in [1.54, 1.807) is 4.90 Å². The van der Waals surface area contributed by atoms with Gasteiger partial charge in [-0.05, 0) is 33.2 Å². The number of aryl methyl sites for hydroxylation is 1. The van der Waals surface area contributed by atoms with Gasteiger partial charge in [0.05, 0.1) is 18.8 Å². The molecule has 1 aliphatic heterocycles. The Hall–Kier alpha value is -1.40. The van der Waals surface area contributed by atoms with E-state index in [4.69, 9.17) is 0 Å². The topological polar surface area (TPSA) is 61.6 Å². The Morgan fingerprint density at radius 2 is 2.33 bits per heavy atom. The Morgan fingerprint density at radius 3 is 2.95 bits per heavy atom. The van der Waals surface area contributed by atoms with Crippen LogP contribution in [0.15, 0.2) is 6.20 Å². The number of likely N-dealkylation sites (N-methyl/N-ethyl adjacent to an activating group) is 1. The van der Waals surface area contributed by atoms with E-state index in [1.807, 2.05) is 29.7 Å². The van der Waals surface area contributed by atoms with E-state index in [0.717, 1.165) is 37.2 Å². The van der Waals surface area contributed by atoms with Gasteiger partial charge in [0.2, 0.25) is 5.91 Å². The van der Waals surface area contributed by atoms with Crippen molar-refractivity contribution >= 4 is 5.91 Å². The zero-order valence-electron chi connectivity index (χ0n) is 13.2. The van der Waals surface area contributed by atoms with E-state index in [-0.39, 0.29) is 12.0 Å². The average Bonchev–Trinajstić information content (AvgIpc) is 2.79. The third-order valence-corrected chi connectivity index (χ3v) is 4.18. The molecule has 1 aromatic rings. The van der Waals surface area contributed by atoms with Crippen LogP contribution in [0, 0.1) is 6.92 Å². The molecule has 1 N–H and O–H groups in total. The second-order valence-corrected chi connectivity index (χ2v) is 5.85. The van der Waals surface area contributed by atoms with Gasteiger partial charge >= 0.3 is 0 Å². The maximum atomic E-state index is 12.3. The van der Waals surface area contributed by atoms with Gasteiger partial charge in [-0.25, -0.2) is 0 Å². The number of piperidine rings is 1. The summed E-state index contributed by atoms with van der Waals surface area (Å²) in [5.41, 5.74) is 2.21. The summed E-state index contributed by atoms with van der Waals surface area (Å²) in [5, 5.41) is 14.0. The number of hydrogen-bond donors (Lipinski definition) is 1. The lowest BCUT2D eigenvalue weighted by Crippen LogP contribution is -2.44. The largest absolute Gasteiger partial charge is 0.392 e. The van der Waals surface area contributed by atoms with Crippen molar-refractivity contribution in [2.45, 2.75) is 45.9 Å². The predicted octanol–water partition coefficient (Wildman–Crippen LogP) is 0.627. The van der Waals surface area contributed by atoms with Crippen LogP contribution in [0.4, 0.5) is 0 Å². The van der Waals surface area contributed by atoms with E-state index < -0.39 is 0 Å². The number of nitrogens with zero attached hydrogens (tertiary/aromatic N) is 4. The molecular formula is C15H26N4O2. The third kappa shape index (κ3) is 4.04. The Bertz CT molecular complexity index is 486. The summed E-state index contributed by atoms with van der Waals surface area (Å²) >= 11 is 0. The number of carbonyl (C=O) groups excluding carboxylic acids is 1. The van der Waals surface area contributed by atoms with Crippen LogP contribution in [0.3, 0.4) is 0 Å². The summed E-state index contributed by atoms with van der Waals surface area (Å²) in [6.07, 6.45) is 3.35. The first-order chi connectivity index (χ1) is 10.0. The minimum absolute atomic E-state index is 0.0905. The molecule has 2 rings (SSSR count). The monoisotopic (exact) mass is 294 g/mol. The quantitative estimate of drug-likeness (QED) is 0.865. The summed E-state index contributed by atoms with van der Waals surface area (Å²) in [6.45, 7) is 7.39. The first-order valence-electron chi connectivity index (χ1n) is 7.67. The van der Waals surface area contributed by atoms with Crippen LogP contribution in [0.25, 0.3) is 0 Å². The van der Waals surface area contributed by atoms with Crippen molar-refractivity contribution in [2.24, 2.45) is 0 Å². The van der Waals surface area contributed by atoms with Crippen LogP contribution in [0.1, 0.15) is 31.0 Å². The van der Waals surface area contributed by atoms with Gasteiger partial charge in [-0.2, -0.15) is 5.10 Å². The molecule has 0 saturated carbocycles. The molecule has 118 valence electrons. The van der Waals surface area contributed by atoms with Crippen LogP contribution < -0.4 is 0 Å². The molecular weight excluding hydrogens is 268 g/mol. The summed E-state index contributed by atoms with van der Waals surface area (Å²) in [4.78, 5) is 16.1. The van der Waals surface area contributed by atoms with Crippen molar-refractivity contribution in [3.05, 3.63) is 17.5 Å². The van der Waals surface area contributed by atoms with E-state index in [2.05, 4.69) is 12.0 Å². The van der Waals surface area contributed by atoms with Crippen LogP contribution >= 0.6 is 0 Å². The highest BCUT2D eigenvalue weighted by atomic mass is 16.3. The van der Waals surface area contributed by atoms with E-state index >= 15 is 0 Å². The number of β-amino-alcohol motifs (C(OH)–C–C–N with tert-alkyl or cyclic N) is 1. The minimum atomic E-state index is -0.290. The Kier molecular flexibility index (Phi) is 5.36. The van der Waals surface area contributed by atoms with Gasteiger partial charge in [0.1, 0.15) is 0 Å². The molecule has 1 aliphatic rings. The second kappa shape index (κ2) is 7.04. The molecule has 1 fully saturated rings. The zero-order chi connectivity index (χ0) is 15.4. The molecule has 21 heavy (non-hydrogen) atoms. The van der Waals surface area contributed by atoms with E-state index in [1.165, 1.54) is 0 Å². The van der Waals surface area contributed by atoms with E-state index in [9.17, 15) is 9.90 Å². The summed E-state index contributed by atoms with van der Waals surface area (Å²) in [7, 11) is 1.82. The smallest absolute Gasteiger partial charge is 0.236 e. The molecule has 0 aromatic carbocycles. The molecule has 2 heterocycles.